The number of hydrogen-bond donors (Lipinski definition) is 2. The van der Waals surface area contributed by atoms with Crippen molar-refractivity contribution < 1.29 is 14.6 Å². The van der Waals surface area contributed by atoms with Gasteiger partial charge in [0.25, 0.3) is 0 Å². The van der Waals surface area contributed by atoms with Crippen molar-refractivity contribution in [1.29, 1.82) is 5.26 Å². The lowest BCUT2D eigenvalue weighted by Gasteiger charge is -2.28. The predicted octanol–water partition coefficient (Wildman–Crippen LogP) is 2.64. The molecule has 2 rings (SSSR count). The van der Waals surface area contributed by atoms with Crippen LogP contribution in [0.3, 0.4) is 0 Å². The van der Waals surface area contributed by atoms with Crippen LogP contribution in [-0.4, -0.2) is 23.7 Å². The molecule has 2 N–H and O–H groups in total. The van der Waals surface area contributed by atoms with Crippen LogP contribution in [0.15, 0.2) is 24.3 Å². The first-order valence-corrected chi connectivity index (χ1v) is 6.78. The Morgan fingerprint density at radius 3 is 3.10 bits per heavy atom. The quantitative estimate of drug-likeness (QED) is 0.862. The van der Waals surface area contributed by atoms with Gasteiger partial charge >= 0.3 is 5.97 Å². The molecule has 1 aromatic rings. The number of benzene rings is 1. The third-order valence-electron chi connectivity index (χ3n) is 3.53. The van der Waals surface area contributed by atoms with E-state index in [4.69, 9.17) is 15.1 Å². The van der Waals surface area contributed by atoms with E-state index in [1.165, 1.54) is 0 Å². The number of ether oxygens (including phenoxy) is 1. The minimum absolute atomic E-state index is 0.0218. The summed E-state index contributed by atoms with van der Waals surface area (Å²) in [5.74, 6) is -0.316. The molecule has 1 aliphatic carbocycles. The molecule has 2 unspecified atom stereocenters. The fourth-order valence-corrected chi connectivity index (χ4v) is 2.57. The summed E-state index contributed by atoms with van der Waals surface area (Å²) < 4.78 is 5.25. The molecule has 5 nitrogen and oxygen atoms in total. The largest absolute Gasteiger partial charge is 0.481 e. The highest BCUT2D eigenvalue weighted by Crippen LogP contribution is 2.28. The van der Waals surface area contributed by atoms with Gasteiger partial charge in [-0.15, -0.1) is 0 Å². The molecule has 0 amide bonds. The molecule has 106 valence electrons. The van der Waals surface area contributed by atoms with Crippen molar-refractivity contribution in [3.8, 4) is 11.8 Å². The third-order valence-corrected chi connectivity index (χ3v) is 3.53. The number of hydrogen-bond acceptors (Lipinski definition) is 4. The van der Waals surface area contributed by atoms with Crippen molar-refractivity contribution in [2.45, 2.75) is 31.7 Å². The van der Waals surface area contributed by atoms with Crippen molar-refractivity contribution >= 4 is 11.7 Å². The first kappa shape index (κ1) is 14.2. The Labute approximate surface area is 118 Å². The number of aliphatic carboxylic acids is 1. The van der Waals surface area contributed by atoms with Crippen LogP contribution in [-0.2, 0) is 4.79 Å². The molecule has 2 atom stereocenters. The maximum atomic E-state index is 11.0. The Bertz CT molecular complexity index is 510. The van der Waals surface area contributed by atoms with Crippen LogP contribution in [0.4, 0.5) is 5.69 Å². The monoisotopic (exact) mass is 274 g/mol. The smallest absolute Gasteiger partial charge is 0.306 e. The molecule has 0 aliphatic heterocycles. The Kier molecular flexibility index (Phi) is 4.83. The molecule has 0 spiro atoms. The summed E-state index contributed by atoms with van der Waals surface area (Å²) >= 11 is 0. The van der Waals surface area contributed by atoms with Crippen LogP contribution in [0.5, 0.6) is 5.75 Å². The second kappa shape index (κ2) is 6.80. The van der Waals surface area contributed by atoms with Crippen LogP contribution in [0.25, 0.3) is 0 Å². The number of carboxylic acid groups (broad SMARTS) is 1. The summed E-state index contributed by atoms with van der Waals surface area (Å²) in [6.07, 6.45) is 3.32. The summed E-state index contributed by atoms with van der Waals surface area (Å²) in [6.45, 7) is 0.0218. The Hall–Kier alpha value is -2.22. The lowest BCUT2D eigenvalue weighted by molar-refractivity contribution is -0.142. The number of nitrogens with one attached hydrogen (secondary N) is 1. The van der Waals surface area contributed by atoms with Gasteiger partial charge in [-0.2, -0.15) is 5.26 Å². The molecule has 1 aromatic carbocycles. The third kappa shape index (κ3) is 3.89. The van der Waals surface area contributed by atoms with Crippen LogP contribution < -0.4 is 10.1 Å². The summed E-state index contributed by atoms with van der Waals surface area (Å²) in [5, 5.41) is 20.9. The van der Waals surface area contributed by atoms with Gasteiger partial charge in [0.15, 0.2) is 6.61 Å². The number of carboxylic acids is 1. The molecule has 0 radical (unpaired) electrons. The maximum Gasteiger partial charge on any atom is 0.306 e. The Morgan fingerprint density at radius 2 is 2.35 bits per heavy atom. The van der Waals surface area contributed by atoms with Crippen molar-refractivity contribution in [1.82, 2.24) is 0 Å². The normalized spacial score (nSPS) is 21.8. The van der Waals surface area contributed by atoms with Gasteiger partial charge in [0.1, 0.15) is 11.8 Å². The maximum absolute atomic E-state index is 11.0. The van der Waals surface area contributed by atoms with E-state index in [1.807, 2.05) is 24.3 Å². The van der Waals surface area contributed by atoms with Crippen LogP contribution in [0.1, 0.15) is 25.7 Å². The van der Waals surface area contributed by atoms with Gasteiger partial charge in [0.2, 0.25) is 0 Å². The van der Waals surface area contributed by atoms with Gasteiger partial charge in [-0.25, -0.2) is 0 Å². The van der Waals surface area contributed by atoms with Crippen molar-refractivity contribution in [2.75, 3.05) is 11.9 Å². The molecule has 20 heavy (non-hydrogen) atoms. The van der Waals surface area contributed by atoms with E-state index >= 15 is 0 Å². The minimum atomic E-state index is -0.706. The fraction of sp³-hybridized carbons (Fsp3) is 0.467. The van der Waals surface area contributed by atoms with Crippen molar-refractivity contribution in [2.24, 2.45) is 5.92 Å². The molecule has 5 heteroatoms. The van der Waals surface area contributed by atoms with Crippen molar-refractivity contribution in [3.63, 3.8) is 0 Å². The molecular weight excluding hydrogens is 256 g/mol. The zero-order valence-electron chi connectivity index (χ0n) is 11.2. The van der Waals surface area contributed by atoms with Crippen LogP contribution >= 0.6 is 0 Å². The van der Waals surface area contributed by atoms with E-state index in [2.05, 4.69) is 5.32 Å². The standard InChI is InChI=1S/C15H18N2O3/c16-7-8-20-14-6-2-5-13(10-14)17-12-4-1-3-11(9-12)15(18)19/h2,5-6,10-12,17H,1,3-4,8-9H2,(H,18,19). The molecule has 1 fully saturated rings. The zero-order chi connectivity index (χ0) is 14.4. The van der Waals surface area contributed by atoms with Gasteiger partial charge in [0.05, 0.1) is 5.92 Å². The number of nitrogens with zero attached hydrogens (tertiary/aromatic N) is 1. The first-order chi connectivity index (χ1) is 9.69. The molecule has 0 bridgehead atoms. The van der Waals surface area contributed by atoms with Crippen molar-refractivity contribution in [3.05, 3.63) is 24.3 Å². The van der Waals surface area contributed by atoms with Crippen LogP contribution in [0.2, 0.25) is 0 Å². The molecule has 1 aliphatic rings. The highest BCUT2D eigenvalue weighted by atomic mass is 16.5. The second-order valence-corrected chi connectivity index (χ2v) is 5.02. The van der Waals surface area contributed by atoms with Crippen LogP contribution in [0, 0.1) is 17.2 Å². The summed E-state index contributed by atoms with van der Waals surface area (Å²) in [4.78, 5) is 11.0. The van der Waals surface area contributed by atoms with E-state index < -0.39 is 5.97 Å². The second-order valence-electron chi connectivity index (χ2n) is 5.02. The topological polar surface area (TPSA) is 82.3 Å². The summed E-state index contributed by atoms with van der Waals surface area (Å²) in [5.41, 5.74) is 0.900. The van der Waals surface area contributed by atoms with Gasteiger partial charge in [-0.3, -0.25) is 4.79 Å². The fourth-order valence-electron chi connectivity index (χ4n) is 2.57. The highest BCUT2D eigenvalue weighted by molar-refractivity contribution is 5.70. The van der Waals surface area contributed by atoms with Gasteiger partial charge in [0, 0.05) is 17.8 Å². The minimum Gasteiger partial charge on any atom is -0.481 e. The first-order valence-electron chi connectivity index (χ1n) is 6.78. The summed E-state index contributed by atoms with van der Waals surface area (Å²) in [6, 6.07) is 9.51. The SMILES string of the molecule is N#CCOc1cccc(NC2CCCC(C(=O)O)C2)c1. The Balaban J connectivity index is 1.95. The van der Waals surface area contributed by atoms with E-state index in [9.17, 15) is 4.79 Å². The summed E-state index contributed by atoms with van der Waals surface area (Å²) in [7, 11) is 0. The number of anilines is 1. The molecule has 0 heterocycles. The zero-order valence-corrected chi connectivity index (χ0v) is 11.2. The average Bonchev–Trinajstić information content (AvgIpc) is 2.46. The number of rotatable bonds is 5. The molecule has 1 saturated carbocycles. The van der Waals surface area contributed by atoms with Gasteiger partial charge in [-0.1, -0.05) is 12.5 Å². The predicted molar refractivity (Wildman–Crippen MR) is 74.6 cm³/mol. The lowest BCUT2D eigenvalue weighted by atomic mass is 9.85. The van der Waals surface area contributed by atoms with E-state index in [1.54, 1.807) is 6.07 Å². The number of nitriles is 1. The highest BCUT2D eigenvalue weighted by Gasteiger charge is 2.26. The molecule has 0 aromatic heterocycles. The molecular formula is C15H18N2O3. The van der Waals surface area contributed by atoms with Gasteiger partial charge in [-0.05, 0) is 31.4 Å². The average molecular weight is 274 g/mol. The van der Waals surface area contributed by atoms with E-state index in [0.717, 1.165) is 24.9 Å². The lowest BCUT2D eigenvalue weighted by Crippen LogP contribution is -2.30. The van der Waals surface area contributed by atoms with E-state index in [0.29, 0.717) is 12.2 Å². The molecule has 0 saturated heterocycles. The Morgan fingerprint density at radius 1 is 1.50 bits per heavy atom. The number of carbonyl (C=O) groups is 1. The van der Waals surface area contributed by atoms with E-state index in [-0.39, 0.29) is 18.6 Å². The van der Waals surface area contributed by atoms with Gasteiger partial charge < -0.3 is 15.2 Å².